The summed E-state index contributed by atoms with van der Waals surface area (Å²) in [5.41, 5.74) is 0. The van der Waals surface area contributed by atoms with Crippen LogP contribution in [0.3, 0.4) is 0 Å². The summed E-state index contributed by atoms with van der Waals surface area (Å²) in [5.74, 6) is -0.260. The van der Waals surface area contributed by atoms with E-state index in [0.717, 1.165) is 10.1 Å². The van der Waals surface area contributed by atoms with Gasteiger partial charge in [-0.2, -0.15) is 0 Å². The molecule has 0 aliphatic heterocycles. The molecule has 1 aliphatic carbocycles. The van der Waals surface area contributed by atoms with Crippen LogP contribution in [0.5, 0.6) is 0 Å². The first-order chi connectivity index (χ1) is 11.9. The zero-order valence-corrected chi connectivity index (χ0v) is 15.9. The number of fused-ring (bicyclic) bond motifs is 1. The number of hydrogen-bond donors (Lipinski definition) is 1. The first kappa shape index (κ1) is 19.9. The lowest BCUT2D eigenvalue weighted by Crippen LogP contribution is -2.16. The Kier molecular flexibility index (Phi) is 7.40. The molecule has 1 N–H and O–H groups in total. The van der Waals surface area contributed by atoms with Crippen molar-refractivity contribution in [3.05, 3.63) is 29.6 Å². The Hall–Kier alpha value is -1.44. The predicted octanol–water partition coefficient (Wildman–Crippen LogP) is 3.97. The van der Waals surface area contributed by atoms with Crippen LogP contribution in [-0.4, -0.2) is 39.0 Å². The third-order valence-corrected chi connectivity index (χ3v) is 6.40. The van der Waals surface area contributed by atoms with Crippen LogP contribution >= 0.6 is 11.3 Å². The van der Waals surface area contributed by atoms with Crippen LogP contribution in [0.15, 0.2) is 34.5 Å². The standard InChI is InChI=1S/C9H16O3.C9H8O2S2/c10-9(11)7-12-6-8-4-2-1-3-5-8;1-13(10,11)9-6-12-8-5-3-2-4-7(8)9/h8H,1-7H2,(H,10,11);2-6H,1H3. The van der Waals surface area contributed by atoms with Crippen LogP contribution in [0.2, 0.25) is 0 Å². The lowest BCUT2D eigenvalue weighted by Gasteiger charge is -2.20. The van der Waals surface area contributed by atoms with E-state index in [1.54, 1.807) is 5.38 Å². The molecule has 1 aromatic carbocycles. The van der Waals surface area contributed by atoms with E-state index >= 15 is 0 Å². The minimum absolute atomic E-state index is 0.142. The highest BCUT2D eigenvalue weighted by molar-refractivity contribution is 7.91. The fraction of sp³-hybridized carbons (Fsp3) is 0.500. The average molecular weight is 385 g/mol. The maximum Gasteiger partial charge on any atom is 0.329 e. The van der Waals surface area contributed by atoms with Gasteiger partial charge in [0.25, 0.3) is 0 Å². The molecule has 25 heavy (non-hydrogen) atoms. The fourth-order valence-corrected chi connectivity index (χ4v) is 5.22. The molecular formula is C18H24O5S2. The van der Waals surface area contributed by atoms with Gasteiger partial charge in [0.1, 0.15) is 6.61 Å². The van der Waals surface area contributed by atoms with Crippen LogP contribution in [0.4, 0.5) is 0 Å². The van der Waals surface area contributed by atoms with E-state index in [2.05, 4.69) is 0 Å². The Morgan fingerprint density at radius 2 is 1.92 bits per heavy atom. The van der Waals surface area contributed by atoms with Crippen molar-refractivity contribution in [2.45, 2.75) is 37.0 Å². The third-order valence-electron chi connectivity index (χ3n) is 4.15. The molecule has 0 bridgehead atoms. The molecule has 1 aliphatic rings. The number of benzene rings is 1. The Morgan fingerprint density at radius 3 is 2.56 bits per heavy atom. The number of hydrogen-bond acceptors (Lipinski definition) is 5. The quantitative estimate of drug-likeness (QED) is 0.843. The van der Waals surface area contributed by atoms with Gasteiger partial charge >= 0.3 is 5.97 Å². The fourth-order valence-electron chi connectivity index (χ4n) is 2.91. The van der Waals surface area contributed by atoms with Crippen molar-refractivity contribution in [2.75, 3.05) is 19.5 Å². The highest BCUT2D eigenvalue weighted by Crippen LogP contribution is 2.28. The maximum absolute atomic E-state index is 11.3. The minimum atomic E-state index is -3.08. The van der Waals surface area contributed by atoms with Gasteiger partial charge in [-0.25, -0.2) is 13.2 Å². The molecule has 0 atom stereocenters. The third kappa shape index (κ3) is 6.41. The van der Waals surface area contributed by atoms with E-state index in [9.17, 15) is 13.2 Å². The number of carboxylic acid groups (broad SMARTS) is 1. The van der Waals surface area contributed by atoms with Crippen molar-refractivity contribution >= 4 is 37.2 Å². The summed E-state index contributed by atoms with van der Waals surface area (Å²) in [6.07, 6.45) is 7.54. The minimum Gasteiger partial charge on any atom is -0.480 e. The maximum atomic E-state index is 11.3. The van der Waals surface area contributed by atoms with Gasteiger partial charge in [-0.3, -0.25) is 0 Å². The number of carbonyl (C=O) groups is 1. The topological polar surface area (TPSA) is 80.7 Å². The van der Waals surface area contributed by atoms with Gasteiger partial charge in [-0.05, 0) is 24.8 Å². The zero-order chi connectivity index (χ0) is 18.3. The van der Waals surface area contributed by atoms with Crippen molar-refractivity contribution in [3.63, 3.8) is 0 Å². The largest absolute Gasteiger partial charge is 0.480 e. The summed E-state index contributed by atoms with van der Waals surface area (Å²) in [7, 11) is -3.08. The molecule has 1 heterocycles. The highest BCUT2D eigenvalue weighted by atomic mass is 32.2. The lowest BCUT2D eigenvalue weighted by atomic mass is 9.90. The van der Waals surface area contributed by atoms with Gasteiger partial charge in [-0.15, -0.1) is 11.3 Å². The second-order valence-corrected chi connectivity index (χ2v) is 9.18. The molecule has 1 fully saturated rings. The number of carboxylic acids is 1. The highest BCUT2D eigenvalue weighted by Gasteiger charge is 2.14. The lowest BCUT2D eigenvalue weighted by molar-refractivity contribution is -0.142. The molecular weight excluding hydrogens is 360 g/mol. The Labute approximate surface area is 152 Å². The van der Waals surface area contributed by atoms with Crippen molar-refractivity contribution in [1.29, 1.82) is 0 Å². The predicted molar refractivity (Wildman–Crippen MR) is 100.0 cm³/mol. The second-order valence-electron chi connectivity index (χ2n) is 6.28. The van der Waals surface area contributed by atoms with E-state index in [0.29, 0.717) is 17.4 Å². The summed E-state index contributed by atoms with van der Waals surface area (Å²) in [6, 6.07) is 7.52. The molecule has 0 saturated heterocycles. The van der Waals surface area contributed by atoms with Gasteiger partial charge in [0.15, 0.2) is 9.84 Å². The summed E-state index contributed by atoms with van der Waals surface area (Å²) >= 11 is 1.46. The number of thiophene rings is 1. The Bertz CT molecular complexity index is 789. The Morgan fingerprint density at radius 1 is 1.24 bits per heavy atom. The molecule has 0 unspecified atom stereocenters. The average Bonchev–Trinajstić information content (AvgIpc) is 3.00. The van der Waals surface area contributed by atoms with E-state index < -0.39 is 15.8 Å². The van der Waals surface area contributed by atoms with Crippen LogP contribution in [0.25, 0.3) is 10.1 Å². The molecule has 1 aromatic heterocycles. The SMILES string of the molecule is CS(=O)(=O)c1csc2ccccc12.O=C(O)COCC1CCCCC1. The molecule has 0 amide bonds. The normalized spacial score (nSPS) is 15.6. The van der Waals surface area contributed by atoms with Gasteiger partial charge in [-0.1, -0.05) is 37.5 Å². The summed E-state index contributed by atoms with van der Waals surface area (Å²) in [6.45, 7) is 0.489. The number of sulfone groups is 1. The van der Waals surface area contributed by atoms with Crippen molar-refractivity contribution in [1.82, 2.24) is 0 Å². The first-order valence-corrected chi connectivity index (χ1v) is 11.1. The molecule has 0 radical (unpaired) electrons. The Balaban J connectivity index is 0.000000181. The van der Waals surface area contributed by atoms with Gasteiger partial charge < -0.3 is 9.84 Å². The van der Waals surface area contributed by atoms with Crippen molar-refractivity contribution in [3.8, 4) is 0 Å². The van der Waals surface area contributed by atoms with E-state index in [1.807, 2.05) is 24.3 Å². The zero-order valence-electron chi connectivity index (χ0n) is 14.3. The molecule has 138 valence electrons. The van der Waals surface area contributed by atoms with Gasteiger partial charge in [0.2, 0.25) is 0 Å². The summed E-state index contributed by atoms with van der Waals surface area (Å²) < 4.78 is 28.7. The van der Waals surface area contributed by atoms with E-state index in [-0.39, 0.29) is 6.61 Å². The molecule has 5 nitrogen and oxygen atoms in total. The smallest absolute Gasteiger partial charge is 0.329 e. The monoisotopic (exact) mass is 384 g/mol. The van der Waals surface area contributed by atoms with Crippen molar-refractivity contribution in [2.24, 2.45) is 5.92 Å². The second kappa shape index (κ2) is 9.31. The van der Waals surface area contributed by atoms with E-state index in [1.165, 1.54) is 49.7 Å². The van der Waals surface area contributed by atoms with Crippen LogP contribution in [-0.2, 0) is 19.4 Å². The summed E-state index contributed by atoms with van der Waals surface area (Å²) in [4.78, 5) is 10.6. The van der Waals surface area contributed by atoms with Crippen LogP contribution in [0.1, 0.15) is 32.1 Å². The number of rotatable bonds is 5. The number of ether oxygens (including phenoxy) is 1. The van der Waals surface area contributed by atoms with Crippen LogP contribution in [0, 0.1) is 5.92 Å². The van der Waals surface area contributed by atoms with E-state index in [4.69, 9.17) is 9.84 Å². The molecule has 0 spiro atoms. The first-order valence-electron chi connectivity index (χ1n) is 8.33. The number of aliphatic carboxylic acids is 1. The molecule has 1 saturated carbocycles. The summed E-state index contributed by atoms with van der Waals surface area (Å²) in [5, 5.41) is 10.8. The van der Waals surface area contributed by atoms with Gasteiger partial charge in [0, 0.05) is 21.7 Å². The molecule has 2 aromatic rings. The van der Waals surface area contributed by atoms with Crippen LogP contribution < -0.4 is 0 Å². The molecule has 7 heteroatoms. The molecule has 3 rings (SSSR count). The van der Waals surface area contributed by atoms with Gasteiger partial charge in [0.05, 0.1) is 11.5 Å². The van der Waals surface area contributed by atoms with Crippen molar-refractivity contribution < 1.29 is 23.1 Å².